The molecular weight excluding hydrogens is 399 g/mol. The number of benzene rings is 2. The van der Waals surface area contributed by atoms with Gasteiger partial charge in [-0.3, -0.25) is 14.4 Å². The number of carbonyl (C=O) groups is 3. The van der Waals surface area contributed by atoms with Crippen molar-refractivity contribution in [3.63, 3.8) is 0 Å². The molecule has 0 fully saturated rings. The van der Waals surface area contributed by atoms with Gasteiger partial charge in [0.1, 0.15) is 0 Å². The predicted octanol–water partition coefficient (Wildman–Crippen LogP) is 3.92. The second-order valence-corrected chi connectivity index (χ2v) is 6.56. The van der Waals surface area contributed by atoms with Crippen LogP contribution in [0.1, 0.15) is 38.1 Å². The van der Waals surface area contributed by atoms with Gasteiger partial charge in [-0.25, -0.2) is 9.07 Å². The van der Waals surface area contributed by atoms with Crippen LogP contribution in [0.5, 0.6) is 0 Å². The third-order valence-electron chi connectivity index (χ3n) is 4.10. The Labute approximate surface area is 170 Å². The summed E-state index contributed by atoms with van der Waals surface area (Å²) in [4.78, 5) is 36.1. The lowest BCUT2D eigenvalue weighted by atomic mass is 10.1. The van der Waals surface area contributed by atoms with E-state index in [0.717, 1.165) is 4.68 Å². The number of rotatable bonds is 5. The van der Waals surface area contributed by atoms with Crippen molar-refractivity contribution in [3.8, 4) is 0 Å². The third kappa shape index (κ3) is 4.33. The van der Waals surface area contributed by atoms with E-state index in [1.807, 2.05) is 0 Å². The molecule has 2 aromatic carbocycles. The molecule has 2 amide bonds. The number of amides is 2. The van der Waals surface area contributed by atoms with Crippen molar-refractivity contribution in [1.82, 2.24) is 9.78 Å². The van der Waals surface area contributed by atoms with Gasteiger partial charge in [-0.15, -0.1) is 0 Å². The van der Waals surface area contributed by atoms with Gasteiger partial charge in [0, 0.05) is 18.3 Å². The molecule has 0 saturated carbocycles. The van der Waals surface area contributed by atoms with Gasteiger partial charge in [-0.2, -0.15) is 5.10 Å². The van der Waals surface area contributed by atoms with Gasteiger partial charge < -0.3 is 10.6 Å². The minimum atomic E-state index is -0.981. The number of carbonyl (C=O) groups excluding carboxylic acids is 3. The van der Waals surface area contributed by atoms with Crippen LogP contribution in [0.3, 0.4) is 0 Å². The lowest BCUT2D eigenvalue weighted by molar-refractivity contribution is 0.101. The topological polar surface area (TPSA) is 93.1 Å². The van der Waals surface area contributed by atoms with Crippen molar-refractivity contribution < 1.29 is 18.8 Å². The summed E-state index contributed by atoms with van der Waals surface area (Å²) in [6.07, 6.45) is 0. The largest absolute Gasteiger partial charge is 0.321 e. The van der Waals surface area contributed by atoms with Crippen molar-refractivity contribution in [3.05, 3.63) is 76.2 Å². The average Bonchev–Trinajstić information content (AvgIpc) is 2.97. The number of Topliss-reactive ketones (excluding diaryl/α,β-unsaturated/α-hetero) is 1. The van der Waals surface area contributed by atoms with E-state index >= 15 is 0 Å². The highest BCUT2D eigenvalue weighted by Crippen LogP contribution is 2.22. The molecule has 1 heterocycles. The Hall–Kier alpha value is -3.52. The zero-order valence-corrected chi connectivity index (χ0v) is 16.2. The number of hydrogen-bond donors (Lipinski definition) is 2. The Morgan fingerprint density at radius 1 is 1.00 bits per heavy atom. The fraction of sp³-hybridized carbons (Fsp3) is 0.100. The van der Waals surface area contributed by atoms with E-state index in [-0.39, 0.29) is 22.2 Å². The molecule has 9 heteroatoms. The summed E-state index contributed by atoms with van der Waals surface area (Å²) in [7, 11) is 1.39. The molecule has 2 N–H and O–H groups in total. The van der Waals surface area contributed by atoms with E-state index in [0.29, 0.717) is 11.3 Å². The van der Waals surface area contributed by atoms with E-state index in [2.05, 4.69) is 15.7 Å². The lowest BCUT2D eigenvalue weighted by Gasteiger charge is -2.06. The highest BCUT2D eigenvalue weighted by atomic mass is 35.5. The van der Waals surface area contributed by atoms with Crippen LogP contribution in [-0.4, -0.2) is 27.4 Å². The average molecular weight is 415 g/mol. The molecule has 0 radical (unpaired) electrons. The Balaban J connectivity index is 1.79. The molecule has 0 unspecified atom stereocenters. The first-order valence-electron chi connectivity index (χ1n) is 8.48. The third-order valence-corrected chi connectivity index (χ3v) is 4.43. The van der Waals surface area contributed by atoms with Crippen LogP contribution < -0.4 is 10.6 Å². The van der Waals surface area contributed by atoms with Gasteiger partial charge in [-0.1, -0.05) is 23.7 Å². The van der Waals surface area contributed by atoms with Crippen LogP contribution in [0.4, 0.5) is 15.9 Å². The number of aryl methyl sites for hydroxylation is 1. The zero-order chi connectivity index (χ0) is 21.1. The van der Waals surface area contributed by atoms with Crippen molar-refractivity contribution in [1.29, 1.82) is 0 Å². The second kappa shape index (κ2) is 8.24. The summed E-state index contributed by atoms with van der Waals surface area (Å²) >= 11 is 5.98. The van der Waals surface area contributed by atoms with Gasteiger partial charge in [0.05, 0.1) is 10.6 Å². The molecule has 0 aliphatic rings. The number of nitrogens with zero attached hydrogens (tertiary/aromatic N) is 2. The maximum atomic E-state index is 14.8. The molecule has 0 aliphatic heterocycles. The number of ketones is 1. The van der Waals surface area contributed by atoms with Crippen LogP contribution in [0, 0.1) is 5.82 Å². The van der Waals surface area contributed by atoms with Gasteiger partial charge in [-0.05, 0) is 43.3 Å². The fourth-order valence-corrected chi connectivity index (χ4v) is 2.80. The van der Waals surface area contributed by atoms with E-state index in [9.17, 15) is 18.8 Å². The second-order valence-electron chi connectivity index (χ2n) is 6.16. The summed E-state index contributed by atoms with van der Waals surface area (Å²) in [5.41, 5.74) is 0.521. The normalized spacial score (nSPS) is 10.5. The van der Waals surface area contributed by atoms with Crippen LogP contribution in [0.2, 0.25) is 5.02 Å². The number of hydrogen-bond acceptors (Lipinski definition) is 4. The molecule has 29 heavy (non-hydrogen) atoms. The number of anilines is 2. The van der Waals surface area contributed by atoms with E-state index < -0.39 is 23.3 Å². The molecule has 3 aromatic rings. The van der Waals surface area contributed by atoms with E-state index in [4.69, 9.17) is 11.6 Å². The maximum absolute atomic E-state index is 14.8. The molecule has 1 aromatic heterocycles. The zero-order valence-electron chi connectivity index (χ0n) is 15.5. The SMILES string of the molecule is CC(=O)c1ccc(NC(=O)c2nn(C)c(NC(=O)c3ccccc3Cl)c2F)cc1. The van der Waals surface area contributed by atoms with Crippen LogP contribution in [-0.2, 0) is 7.05 Å². The highest BCUT2D eigenvalue weighted by molar-refractivity contribution is 6.34. The van der Waals surface area contributed by atoms with Crippen molar-refractivity contribution in [2.75, 3.05) is 10.6 Å². The summed E-state index contributed by atoms with van der Waals surface area (Å²) in [6, 6.07) is 12.4. The van der Waals surface area contributed by atoms with Crippen LogP contribution in [0.15, 0.2) is 48.5 Å². The fourth-order valence-electron chi connectivity index (χ4n) is 2.58. The van der Waals surface area contributed by atoms with Crippen molar-refractivity contribution >= 4 is 40.7 Å². The van der Waals surface area contributed by atoms with Gasteiger partial charge in [0.25, 0.3) is 11.8 Å². The minimum Gasteiger partial charge on any atom is -0.321 e. The first kappa shape index (κ1) is 20.2. The van der Waals surface area contributed by atoms with E-state index in [1.54, 1.807) is 24.3 Å². The number of halogens is 2. The van der Waals surface area contributed by atoms with Gasteiger partial charge in [0.2, 0.25) is 0 Å². The standard InChI is InChI=1S/C20H16ClFN4O3/c1-11(27)12-7-9-13(10-8-12)23-20(29)17-16(22)18(26(2)25-17)24-19(28)14-5-3-4-6-15(14)21/h3-10H,1-2H3,(H,23,29)(H,24,28). The lowest BCUT2D eigenvalue weighted by Crippen LogP contribution is -2.16. The monoisotopic (exact) mass is 414 g/mol. The Morgan fingerprint density at radius 2 is 1.66 bits per heavy atom. The quantitative estimate of drug-likeness (QED) is 0.619. The summed E-state index contributed by atoms with van der Waals surface area (Å²) in [6.45, 7) is 1.43. The summed E-state index contributed by atoms with van der Waals surface area (Å²) in [5, 5.41) is 8.94. The Morgan fingerprint density at radius 3 is 2.28 bits per heavy atom. The van der Waals surface area contributed by atoms with E-state index in [1.165, 1.54) is 38.2 Å². The van der Waals surface area contributed by atoms with Crippen molar-refractivity contribution in [2.45, 2.75) is 6.92 Å². The highest BCUT2D eigenvalue weighted by Gasteiger charge is 2.24. The molecule has 3 rings (SSSR count). The molecule has 0 saturated heterocycles. The predicted molar refractivity (Wildman–Crippen MR) is 107 cm³/mol. The first-order chi connectivity index (χ1) is 13.8. The Bertz CT molecular complexity index is 1110. The number of aromatic nitrogens is 2. The van der Waals surface area contributed by atoms with Crippen LogP contribution >= 0.6 is 11.6 Å². The molecule has 7 nitrogen and oxygen atoms in total. The van der Waals surface area contributed by atoms with Crippen molar-refractivity contribution in [2.24, 2.45) is 7.05 Å². The van der Waals surface area contributed by atoms with Gasteiger partial charge >= 0.3 is 0 Å². The molecule has 0 spiro atoms. The minimum absolute atomic E-state index is 0.113. The number of nitrogens with one attached hydrogen (secondary N) is 2. The first-order valence-corrected chi connectivity index (χ1v) is 8.86. The maximum Gasteiger partial charge on any atom is 0.279 e. The summed E-state index contributed by atoms with van der Waals surface area (Å²) < 4.78 is 15.8. The van der Waals surface area contributed by atoms with Gasteiger partial charge in [0.15, 0.2) is 23.1 Å². The molecular formula is C20H16ClFN4O3. The molecule has 148 valence electrons. The molecule has 0 bridgehead atoms. The smallest absolute Gasteiger partial charge is 0.279 e. The molecule has 0 aliphatic carbocycles. The summed E-state index contributed by atoms with van der Waals surface area (Å²) in [5.74, 6) is -2.80. The van der Waals surface area contributed by atoms with Crippen LogP contribution in [0.25, 0.3) is 0 Å². The Kier molecular flexibility index (Phi) is 5.74. The molecule has 0 atom stereocenters.